The van der Waals surface area contributed by atoms with Gasteiger partial charge in [0, 0.05) is 25.1 Å². The lowest BCUT2D eigenvalue weighted by atomic mass is 9.89. The van der Waals surface area contributed by atoms with E-state index in [1.54, 1.807) is 13.8 Å². The van der Waals surface area contributed by atoms with Gasteiger partial charge in [0.1, 0.15) is 5.75 Å². The highest BCUT2D eigenvalue weighted by atomic mass is 19.4. The molecule has 0 spiro atoms. The van der Waals surface area contributed by atoms with Gasteiger partial charge in [-0.15, -0.1) is 0 Å². The Kier molecular flexibility index (Phi) is 5.28. The van der Waals surface area contributed by atoms with Crippen molar-refractivity contribution in [2.45, 2.75) is 32.5 Å². The summed E-state index contributed by atoms with van der Waals surface area (Å²) in [6.07, 6.45) is -5.20. The van der Waals surface area contributed by atoms with Gasteiger partial charge in [-0.25, -0.2) is 0 Å². The fourth-order valence-electron chi connectivity index (χ4n) is 2.88. The van der Waals surface area contributed by atoms with Gasteiger partial charge in [-0.05, 0) is 24.6 Å². The van der Waals surface area contributed by atoms with Crippen LogP contribution in [0.4, 0.5) is 13.2 Å². The topological polar surface area (TPSA) is 73.6 Å². The molecule has 0 aromatic heterocycles. The molecule has 25 heavy (non-hydrogen) atoms. The number of hydrogen-bond donors (Lipinski definition) is 1. The third kappa shape index (κ3) is 4.04. The molecule has 2 rings (SSSR count). The molecular weight excluding hydrogens is 337 g/mol. The fourth-order valence-corrected chi connectivity index (χ4v) is 2.88. The molecule has 1 fully saturated rings. The number of nitriles is 1. The number of rotatable bonds is 5. The van der Waals surface area contributed by atoms with E-state index in [0.29, 0.717) is 19.5 Å². The first-order chi connectivity index (χ1) is 11.6. The van der Waals surface area contributed by atoms with Crippen molar-refractivity contribution < 1.29 is 27.8 Å². The van der Waals surface area contributed by atoms with Crippen molar-refractivity contribution >= 4 is 5.91 Å². The summed E-state index contributed by atoms with van der Waals surface area (Å²) in [6.45, 7) is 4.28. The fraction of sp³-hybridized carbons (Fsp3) is 0.529. The van der Waals surface area contributed by atoms with E-state index in [-0.39, 0.29) is 18.3 Å². The quantitative estimate of drug-likeness (QED) is 0.880. The van der Waals surface area contributed by atoms with Crippen molar-refractivity contribution in [3.8, 4) is 11.8 Å². The molecule has 1 aliphatic heterocycles. The van der Waals surface area contributed by atoms with E-state index >= 15 is 0 Å². The number of halogens is 3. The van der Waals surface area contributed by atoms with E-state index in [0.717, 1.165) is 12.1 Å². The summed E-state index contributed by atoms with van der Waals surface area (Å²) in [5.74, 6) is -0.432. The standard InChI is InChI=1S/C17H19F3N2O3/c1-16(2)10-22(6-3-7-23)15(24)14(16)25-12-5-4-11(9-21)13(8-12)17(18,19)20/h4-5,8,14,23H,3,6-7,10H2,1-2H3. The molecule has 8 heteroatoms. The van der Waals surface area contributed by atoms with Crippen LogP contribution in [0.25, 0.3) is 0 Å². The first-order valence-corrected chi connectivity index (χ1v) is 7.78. The van der Waals surface area contributed by atoms with Gasteiger partial charge in [0.25, 0.3) is 5.91 Å². The molecule has 5 nitrogen and oxygen atoms in total. The summed E-state index contributed by atoms with van der Waals surface area (Å²) in [4.78, 5) is 14.0. The van der Waals surface area contributed by atoms with Crippen molar-refractivity contribution in [2.24, 2.45) is 5.41 Å². The maximum absolute atomic E-state index is 13.1. The third-order valence-electron chi connectivity index (χ3n) is 4.10. The Morgan fingerprint density at radius 2 is 2.12 bits per heavy atom. The zero-order chi connectivity index (χ0) is 18.8. The lowest BCUT2D eigenvalue weighted by molar-refractivity contribution is -0.138. The van der Waals surface area contributed by atoms with Gasteiger partial charge in [-0.3, -0.25) is 4.79 Å². The number of carbonyl (C=O) groups excluding carboxylic acids is 1. The van der Waals surface area contributed by atoms with Crippen LogP contribution in [0.5, 0.6) is 5.75 Å². The Balaban J connectivity index is 2.27. The molecule has 0 radical (unpaired) electrons. The van der Waals surface area contributed by atoms with Crippen LogP contribution in [-0.2, 0) is 11.0 Å². The molecule has 1 aliphatic rings. The van der Waals surface area contributed by atoms with Crippen molar-refractivity contribution in [2.75, 3.05) is 19.7 Å². The van der Waals surface area contributed by atoms with Crippen molar-refractivity contribution in [1.82, 2.24) is 4.90 Å². The van der Waals surface area contributed by atoms with Gasteiger partial charge in [0.15, 0.2) is 6.10 Å². The van der Waals surface area contributed by atoms with Crippen LogP contribution in [-0.4, -0.2) is 41.7 Å². The lowest BCUT2D eigenvalue weighted by Crippen LogP contribution is -2.37. The summed E-state index contributed by atoms with van der Waals surface area (Å²) in [7, 11) is 0. The second-order valence-electron chi connectivity index (χ2n) is 6.64. The minimum Gasteiger partial charge on any atom is -0.480 e. The maximum Gasteiger partial charge on any atom is 0.417 e. The molecule has 1 unspecified atom stereocenters. The molecule has 1 amide bonds. The van der Waals surface area contributed by atoms with Gasteiger partial charge in [-0.1, -0.05) is 13.8 Å². The zero-order valence-electron chi connectivity index (χ0n) is 13.9. The molecule has 0 bridgehead atoms. The number of alkyl halides is 3. The maximum atomic E-state index is 13.1. The molecule has 1 atom stereocenters. The SMILES string of the molecule is CC1(C)CN(CCCO)C(=O)C1Oc1ccc(C#N)c(C(F)(F)F)c1. The van der Waals surface area contributed by atoms with Crippen molar-refractivity contribution in [3.63, 3.8) is 0 Å². The second kappa shape index (κ2) is 6.92. The number of benzene rings is 1. The normalized spacial score (nSPS) is 19.8. The highest BCUT2D eigenvalue weighted by molar-refractivity contribution is 5.84. The van der Waals surface area contributed by atoms with Gasteiger partial charge < -0.3 is 14.7 Å². The second-order valence-corrected chi connectivity index (χ2v) is 6.64. The van der Waals surface area contributed by atoms with Crippen molar-refractivity contribution in [1.29, 1.82) is 5.26 Å². The van der Waals surface area contributed by atoms with Crippen molar-refractivity contribution in [3.05, 3.63) is 29.3 Å². The largest absolute Gasteiger partial charge is 0.480 e. The number of likely N-dealkylation sites (tertiary alicyclic amines) is 1. The highest BCUT2D eigenvalue weighted by Gasteiger charge is 2.48. The average Bonchev–Trinajstić information content (AvgIpc) is 2.75. The van der Waals surface area contributed by atoms with E-state index in [9.17, 15) is 18.0 Å². The lowest BCUT2D eigenvalue weighted by Gasteiger charge is -2.24. The number of nitrogens with zero attached hydrogens (tertiary/aromatic N) is 2. The number of ether oxygens (including phenoxy) is 1. The molecule has 1 aromatic carbocycles. The minimum absolute atomic E-state index is 0.0553. The summed E-state index contributed by atoms with van der Waals surface area (Å²) in [5.41, 5.74) is -2.19. The van der Waals surface area contributed by atoms with E-state index in [1.165, 1.54) is 17.0 Å². The van der Waals surface area contributed by atoms with E-state index in [1.807, 2.05) is 0 Å². The minimum atomic E-state index is -4.69. The third-order valence-corrected chi connectivity index (χ3v) is 4.10. The number of amides is 1. The van der Waals surface area contributed by atoms with Crippen LogP contribution in [0.2, 0.25) is 0 Å². The van der Waals surface area contributed by atoms with E-state index < -0.39 is 28.8 Å². The first-order valence-electron chi connectivity index (χ1n) is 7.78. The summed E-state index contributed by atoms with van der Waals surface area (Å²) in [5, 5.41) is 17.7. The number of aliphatic hydroxyl groups is 1. The number of carbonyl (C=O) groups is 1. The molecule has 0 aliphatic carbocycles. The Bertz CT molecular complexity index is 695. The molecular formula is C17H19F3N2O3. The summed E-state index contributed by atoms with van der Waals surface area (Å²) in [6, 6.07) is 4.55. The van der Waals surface area contributed by atoms with E-state index in [4.69, 9.17) is 15.1 Å². The first kappa shape index (κ1) is 19.1. The van der Waals surface area contributed by atoms with Crippen LogP contribution < -0.4 is 4.74 Å². The highest BCUT2D eigenvalue weighted by Crippen LogP contribution is 2.37. The Labute approximate surface area is 143 Å². The van der Waals surface area contributed by atoms with Gasteiger partial charge >= 0.3 is 6.18 Å². The number of hydrogen-bond acceptors (Lipinski definition) is 4. The van der Waals surface area contributed by atoms with Crippen LogP contribution in [0, 0.1) is 16.7 Å². The smallest absolute Gasteiger partial charge is 0.417 e. The summed E-state index contributed by atoms with van der Waals surface area (Å²) >= 11 is 0. The molecule has 1 aromatic rings. The molecule has 1 N–H and O–H groups in total. The monoisotopic (exact) mass is 356 g/mol. The van der Waals surface area contributed by atoms with Gasteiger partial charge in [0.2, 0.25) is 0 Å². The Hall–Kier alpha value is -2.27. The van der Waals surface area contributed by atoms with Crippen LogP contribution in [0.3, 0.4) is 0 Å². The predicted molar refractivity (Wildman–Crippen MR) is 82.6 cm³/mol. The molecule has 1 saturated heterocycles. The Morgan fingerprint density at radius 3 is 2.68 bits per heavy atom. The van der Waals surface area contributed by atoms with Crippen LogP contribution in [0.1, 0.15) is 31.4 Å². The average molecular weight is 356 g/mol. The molecule has 0 saturated carbocycles. The predicted octanol–water partition coefficient (Wildman–Crippen LogP) is 2.58. The molecule has 136 valence electrons. The van der Waals surface area contributed by atoms with Gasteiger partial charge in [-0.2, -0.15) is 18.4 Å². The van der Waals surface area contributed by atoms with Gasteiger partial charge in [0.05, 0.1) is 17.2 Å². The van der Waals surface area contributed by atoms with Crippen LogP contribution >= 0.6 is 0 Å². The van der Waals surface area contributed by atoms with Crippen LogP contribution in [0.15, 0.2) is 18.2 Å². The Morgan fingerprint density at radius 1 is 1.44 bits per heavy atom. The zero-order valence-corrected chi connectivity index (χ0v) is 13.9. The summed E-state index contributed by atoms with van der Waals surface area (Å²) < 4.78 is 44.7. The number of aliphatic hydroxyl groups excluding tert-OH is 1. The molecule has 1 heterocycles. The van der Waals surface area contributed by atoms with E-state index in [2.05, 4.69) is 0 Å².